The van der Waals surface area contributed by atoms with Gasteiger partial charge in [-0.2, -0.15) is 0 Å². The van der Waals surface area contributed by atoms with E-state index in [-0.39, 0.29) is 28.6 Å². The number of phenols is 1. The first kappa shape index (κ1) is 18.8. The zero-order chi connectivity index (χ0) is 20.4. The molecule has 2 aromatic carbocycles. The van der Waals surface area contributed by atoms with E-state index in [1.54, 1.807) is 25.1 Å². The van der Waals surface area contributed by atoms with Crippen LogP contribution in [0.2, 0.25) is 0 Å². The number of hydrogen-bond acceptors (Lipinski definition) is 7. The highest BCUT2D eigenvalue weighted by atomic mass is 16.5. The van der Waals surface area contributed by atoms with E-state index < -0.39 is 11.5 Å². The molecule has 0 amide bonds. The predicted molar refractivity (Wildman–Crippen MR) is 104 cm³/mol. The van der Waals surface area contributed by atoms with Crippen molar-refractivity contribution < 1.29 is 19.7 Å². The third-order valence-corrected chi connectivity index (χ3v) is 4.02. The van der Waals surface area contributed by atoms with E-state index in [1.807, 2.05) is 0 Å². The number of aromatic amines is 1. The molecule has 0 aliphatic rings. The fraction of sp³-hybridized carbons (Fsp3) is 0.105. The van der Waals surface area contributed by atoms with E-state index in [4.69, 9.17) is 16.2 Å². The second-order valence-electron chi connectivity index (χ2n) is 5.93. The van der Waals surface area contributed by atoms with Gasteiger partial charge >= 0.3 is 5.97 Å². The number of nitrogen functional groups attached to an aromatic ring is 2. The number of carbonyl (C=O) groups is 1. The van der Waals surface area contributed by atoms with Gasteiger partial charge in [0.25, 0.3) is 5.56 Å². The third-order valence-electron chi connectivity index (χ3n) is 4.02. The minimum absolute atomic E-state index is 0.0469. The molecule has 0 radical (unpaired) electrons. The Kier molecular flexibility index (Phi) is 4.90. The molecule has 144 valence electrons. The van der Waals surface area contributed by atoms with Gasteiger partial charge in [0.05, 0.1) is 17.7 Å². The number of aromatic carboxylic acids is 1. The fourth-order valence-electron chi connectivity index (χ4n) is 2.70. The summed E-state index contributed by atoms with van der Waals surface area (Å²) in [5.74, 6) is -0.835. The van der Waals surface area contributed by atoms with Crippen LogP contribution in [0.4, 0.5) is 11.5 Å². The number of carboxylic acids is 1. The van der Waals surface area contributed by atoms with E-state index in [2.05, 4.69) is 9.97 Å². The summed E-state index contributed by atoms with van der Waals surface area (Å²) in [6.07, 6.45) is 0. The molecule has 0 spiro atoms. The maximum Gasteiger partial charge on any atom is 0.335 e. The quantitative estimate of drug-likeness (QED) is 0.447. The van der Waals surface area contributed by atoms with Crippen molar-refractivity contribution in [1.29, 1.82) is 0 Å². The summed E-state index contributed by atoms with van der Waals surface area (Å²) >= 11 is 0. The van der Waals surface area contributed by atoms with Crippen LogP contribution in [0.25, 0.3) is 22.5 Å². The standard InChI is InChI=1S/C19H18N4O5/c1-2-28-14-8-9(10-5-11(19(26)27)7-12(24)6-10)3-4-13(14)17-22-16(21)15(20)18(25)23-17/h3-8,24H,2,20H2,1H3,(H,26,27)(H3,21,22,23,25). The van der Waals surface area contributed by atoms with Crippen LogP contribution < -0.4 is 21.8 Å². The normalized spacial score (nSPS) is 10.6. The van der Waals surface area contributed by atoms with E-state index in [1.165, 1.54) is 12.1 Å². The highest BCUT2D eigenvalue weighted by Gasteiger charge is 2.15. The molecule has 3 rings (SSSR count). The fourth-order valence-corrected chi connectivity index (χ4v) is 2.70. The van der Waals surface area contributed by atoms with Crippen LogP contribution in [0.1, 0.15) is 17.3 Å². The Morgan fingerprint density at radius 2 is 1.93 bits per heavy atom. The van der Waals surface area contributed by atoms with Gasteiger partial charge in [-0.05, 0) is 48.4 Å². The van der Waals surface area contributed by atoms with Crippen LogP contribution in [-0.4, -0.2) is 32.8 Å². The van der Waals surface area contributed by atoms with Gasteiger partial charge in [-0.25, -0.2) is 9.78 Å². The number of benzene rings is 2. The lowest BCUT2D eigenvalue weighted by atomic mass is 10.00. The SMILES string of the molecule is CCOc1cc(-c2cc(O)cc(C(=O)O)c2)ccc1-c1nc(N)c(N)c(=O)[nH]1. The number of nitrogens with two attached hydrogens (primary N) is 2. The van der Waals surface area contributed by atoms with Crippen LogP contribution in [0.3, 0.4) is 0 Å². The average molecular weight is 382 g/mol. The van der Waals surface area contributed by atoms with Gasteiger partial charge in [-0.15, -0.1) is 0 Å². The van der Waals surface area contributed by atoms with Gasteiger partial charge in [0, 0.05) is 0 Å². The van der Waals surface area contributed by atoms with Gasteiger partial charge in [0.15, 0.2) is 5.82 Å². The molecule has 28 heavy (non-hydrogen) atoms. The number of rotatable bonds is 5. The van der Waals surface area contributed by atoms with E-state index in [0.29, 0.717) is 29.0 Å². The molecule has 9 nitrogen and oxygen atoms in total. The monoisotopic (exact) mass is 382 g/mol. The molecule has 9 heteroatoms. The van der Waals surface area contributed by atoms with Crippen molar-refractivity contribution >= 4 is 17.5 Å². The summed E-state index contributed by atoms with van der Waals surface area (Å²) in [4.78, 5) is 29.8. The van der Waals surface area contributed by atoms with Crippen molar-refractivity contribution in [2.45, 2.75) is 6.92 Å². The van der Waals surface area contributed by atoms with E-state index >= 15 is 0 Å². The van der Waals surface area contributed by atoms with Crippen molar-refractivity contribution in [1.82, 2.24) is 9.97 Å². The van der Waals surface area contributed by atoms with Crippen LogP contribution in [-0.2, 0) is 0 Å². The van der Waals surface area contributed by atoms with Gasteiger partial charge in [0.1, 0.15) is 23.0 Å². The first-order chi connectivity index (χ1) is 13.3. The number of ether oxygens (including phenoxy) is 1. The molecule has 0 unspecified atom stereocenters. The predicted octanol–water partition coefficient (Wildman–Crippen LogP) is 2.07. The Hall–Kier alpha value is -4.01. The molecule has 1 aromatic heterocycles. The Morgan fingerprint density at radius 1 is 1.18 bits per heavy atom. The van der Waals surface area contributed by atoms with Crippen molar-refractivity contribution in [3.8, 4) is 34.0 Å². The Bertz CT molecular complexity index is 1120. The Morgan fingerprint density at radius 3 is 2.57 bits per heavy atom. The maximum atomic E-state index is 11.9. The summed E-state index contributed by atoms with van der Waals surface area (Å²) in [6, 6.07) is 9.04. The van der Waals surface area contributed by atoms with Crippen molar-refractivity contribution in [3.63, 3.8) is 0 Å². The van der Waals surface area contributed by atoms with Crippen molar-refractivity contribution in [2.75, 3.05) is 18.1 Å². The second kappa shape index (κ2) is 7.31. The number of H-pyrrole nitrogens is 1. The van der Waals surface area contributed by atoms with E-state index in [0.717, 1.165) is 6.07 Å². The molecule has 0 atom stereocenters. The van der Waals surface area contributed by atoms with Crippen LogP contribution in [0, 0.1) is 0 Å². The lowest BCUT2D eigenvalue weighted by molar-refractivity contribution is 0.0696. The lowest BCUT2D eigenvalue weighted by Gasteiger charge is -2.13. The molecule has 0 aliphatic carbocycles. The number of aromatic hydroxyl groups is 1. The highest BCUT2D eigenvalue weighted by molar-refractivity contribution is 5.90. The molecule has 7 N–H and O–H groups in total. The topological polar surface area (TPSA) is 165 Å². The van der Waals surface area contributed by atoms with Gasteiger partial charge in [-0.1, -0.05) is 6.07 Å². The van der Waals surface area contributed by atoms with Gasteiger partial charge < -0.3 is 31.4 Å². The summed E-state index contributed by atoms with van der Waals surface area (Å²) < 4.78 is 5.66. The Balaban J connectivity index is 2.15. The van der Waals surface area contributed by atoms with Crippen LogP contribution in [0.15, 0.2) is 41.2 Å². The molecule has 3 aromatic rings. The van der Waals surface area contributed by atoms with Gasteiger partial charge in [-0.3, -0.25) is 4.79 Å². The molecule has 0 bridgehead atoms. The summed E-state index contributed by atoms with van der Waals surface area (Å²) in [6.45, 7) is 2.13. The minimum Gasteiger partial charge on any atom is -0.508 e. The molecule has 0 aliphatic heterocycles. The maximum absolute atomic E-state index is 11.9. The number of aromatic nitrogens is 2. The minimum atomic E-state index is -1.15. The summed E-state index contributed by atoms with van der Waals surface area (Å²) in [7, 11) is 0. The molecule has 0 saturated heterocycles. The Labute approximate surface area is 159 Å². The first-order valence-corrected chi connectivity index (χ1v) is 8.30. The number of phenolic OH excluding ortho intramolecular Hbond substituents is 1. The number of nitrogens with one attached hydrogen (secondary N) is 1. The largest absolute Gasteiger partial charge is 0.508 e. The lowest BCUT2D eigenvalue weighted by Crippen LogP contribution is -2.17. The van der Waals surface area contributed by atoms with Gasteiger partial charge in [0.2, 0.25) is 0 Å². The summed E-state index contributed by atoms with van der Waals surface area (Å²) in [5.41, 5.74) is 12.0. The van der Waals surface area contributed by atoms with Crippen LogP contribution >= 0.6 is 0 Å². The average Bonchev–Trinajstić information content (AvgIpc) is 2.65. The van der Waals surface area contributed by atoms with Crippen molar-refractivity contribution in [3.05, 3.63) is 52.3 Å². The summed E-state index contributed by atoms with van der Waals surface area (Å²) in [5, 5.41) is 19.0. The number of anilines is 2. The molecular formula is C19H18N4O5. The van der Waals surface area contributed by atoms with Crippen LogP contribution in [0.5, 0.6) is 11.5 Å². The zero-order valence-electron chi connectivity index (χ0n) is 14.9. The molecule has 0 fully saturated rings. The molecule has 0 saturated carbocycles. The third kappa shape index (κ3) is 3.58. The molecular weight excluding hydrogens is 364 g/mol. The number of carboxylic acid groups (broad SMARTS) is 1. The zero-order valence-corrected chi connectivity index (χ0v) is 14.9. The van der Waals surface area contributed by atoms with Crippen molar-refractivity contribution in [2.24, 2.45) is 0 Å². The first-order valence-electron chi connectivity index (χ1n) is 8.30. The highest BCUT2D eigenvalue weighted by Crippen LogP contribution is 2.34. The number of nitrogens with zero attached hydrogens (tertiary/aromatic N) is 1. The molecule has 1 heterocycles. The number of hydrogen-bond donors (Lipinski definition) is 5. The second-order valence-corrected chi connectivity index (χ2v) is 5.93. The smallest absolute Gasteiger partial charge is 0.335 e. The van der Waals surface area contributed by atoms with E-state index in [9.17, 15) is 19.8 Å².